The van der Waals surface area contributed by atoms with Gasteiger partial charge < -0.3 is 9.73 Å². The van der Waals surface area contributed by atoms with Crippen LogP contribution in [0.2, 0.25) is 15.3 Å². The van der Waals surface area contributed by atoms with E-state index in [1.54, 1.807) is 12.1 Å². The second-order valence-corrected chi connectivity index (χ2v) is 5.06. The Morgan fingerprint density at radius 2 is 1.94 bits per heavy atom. The summed E-state index contributed by atoms with van der Waals surface area (Å²) in [5.41, 5.74) is 0.969. The number of hydrogen-bond donors (Lipinski definition) is 1. The number of nitrogens with one attached hydrogen (secondary N) is 1. The second kappa shape index (κ2) is 5.98. The lowest BCUT2D eigenvalue weighted by atomic mass is 10.0. The Kier molecular flexibility index (Phi) is 4.57. The van der Waals surface area contributed by atoms with E-state index in [-0.39, 0.29) is 6.04 Å². The van der Waals surface area contributed by atoms with Crippen molar-refractivity contribution in [2.75, 3.05) is 7.05 Å². The van der Waals surface area contributed by atoms with E-state index in [1.807, 2.05) is 25.2 Å². The molecule has 0 aliphatic rings. The van der Waals surface area contributed by atoms with Crippen LogP contribution in [-0.4, -0.2) is 7.05 Å². The molecule has 0 bridgehead atoms. The minimum absolute atomic E-state index is 0.00784. The lowest BCUT2D eigenvalue weighted by molar-refractivity contribution is 0.430. The van der Waals surface area contributed by atoms with Crippen molar-refractivity contribution < 1.29 is 4.42 Å². The molecule has 2 aromatic rings. The largest absolute Gasteiger partial charge is 0.448 e. The first-order chi connectivity index (χ1) is 8.61. The fraction of sp³-hybridized carbons (Fsp3) is 0.231. The molecule has 1 aromatic heterocycles. The number of likely N-dealkylation sites (N-methyl/N-ethyl adjacent to an activating group) is 1. The highest BCUT2D eigenvalue weighted by Crippen LogP contribution is 2.30. The first-order valence-corrected chi connectivity index (χ1v) is 6.60. The first-order valence-electron chi connectivity index (χ1n) is 5.47. The summed E-state index contributed by atoms with van der Waals surface area (Å²) in [7, 11) is 1.86. The predicted molar refractivity (Wildman–Crippen MR) is 75.7 cm³/mol. The minimum atomic E-state index is 0.00784. The van der Waals surface area contributed by atoms with Crippen LogP contribution in [0.15, 0.2) is 34.7 Å². The van der Waals surface area contributed by atoms with Crippen LogP contribution in [0.3, 0.4) is 0 Å². The first kappa shape index (κ1) is 13.8. The molecule has 0 aliphatic carbocycles. The monoisotopic (exact) mass is 303 g/mol. The molecule has 0 aliphatic heterocycles. The van der Waals surface area contributed by atoms with Gasteiger partial charge in [-0.25, -0.2) is 0 Å². The van der Waals surface area contributed by atoms with Gasteiger partial charge >= 0.3 is 0 Å². The average molecular weight is 305 g/mol. The number of halogens is 3. The highest BCUT2D eigenvalue weighted by atomic mass is 35.5. The van der Waals surface area contributed by atoms with Gasteiger partial charge in [0.15, 0.2) is 5.22 Å². The van der Waals surface area contributed by atoms with Crippen LogP contribution in [0.5, 0.6) is 0 Å². The van der Waals surface area contributed by atoms with Gasteiger partial charge in [0, 0.05) is 0 Å². The van der Waals surface area contributed by atoms with Gasteiger partial charge in [-0.15, -0.1) is 0 Å². The van der Waals surface area contributed by atoms with Crippen molar-refractivity contribution in [3.8, 4) is 0 Å². The number of benzene rings is 1. The van der Waals surface area contributed by atoms with E-state index >= 15 is 0 Å². The standard InChI is InChI=1S/C13H12Cl3NO/c1-17-10(11-5-6-12(15)18-11)7-8-3-2-4-9(14)13(8)16/h2-6,10,17H,7H2,1H3. The fourth-order valence-corrected chi connectivity index (χ4v) is 2.34. The molecular weight excluding hydrogens is 293 g/mol. The maximum atomic E-state index is 6.17. The third-order valence-corrected chi connectivity index (χ3v) is 3.80. The van der Waals surface area contributed by atoms with Crippen LogP contribution in [0.25, 0.3) is 0 Å². The van der Waals surface area contributed by atoms with Crippen LogP contribution in [0.1, 0.15) is 17.4 Å². The van der Waals surface area contributed by atoms with Gasteiger partial charge in [0.1, 0.15) is 5.76 Å². The van der Waals surface area contributed by atoms with Crippen LogP contribution in [-0.2, 0) is 6.42 Å². The Morgan fingerprint density at radius 3 is 2.56 bits per heavy atom. The van der Waals surface area contributed by atoms with Crippen molar-refractivity contribution in [2.24, 2.45) is 0 Å². The van der Waals surface area contributed by atoms with E-state index in [9.17, 15) is 0 Å². The van der Waals surface area contributed by atoms with Crippen LogP contribution in [0.4, 0.5) is 0 Å². The van der Waals surface area contributed by atoms with Gasteiger partial charge in [-0.05, 0) is 48.8 Å². The van der Waals surface area contributed by atoms with Crippen molar-refractivity contribution in [1.29, 1.82) is 0 Å². The summed E-state index contributed by atoms with van der Waals surface area (Å²) in [5.74, 6) is 0.776. The molecule has 2 rings (SSSR count). The molecule has 5 heteroatoms. The van der Waals surface area contributed by atoms with E-state index in [0.29, 0.717) is 21.7 Å². The lowest BCUT2D eigenvalue weighted by Gasteiger charge is -2.15. The summed E-state index contributed by atoms with van der Waals surface area (Å²) in [6.07, 6.45) is 0.680. The Labute approximate surface area is 121 Å². The van der Waals surface area contributed by atoms with E-state index < -0.39 is 0 Å². The molecule has 96 valence electrons. The number of furan rings is 1. The molecule has 1 heterocycles. The highest BCUT2D eigenvalue weighted by Gasteiger charge is 2.16. The predicted octanol–water partition coefficient (Wildman–Crippen LogP) is 4.74. The molecule has 0 saturated carbocycles. The zero-order valence-electron chi connectivity index (χ0n) is 9.71. The molecule has 0 fully saturated rings. The van der Waals surface area contributed by atoms with Gasteiger partial charge in [0.05, 0.1) is 16.1 Å². The van der Waals surface area contributed by atoms with Gasteiger partial charge in [-0.2, -0.15) is 0 Å². The van der Waals surface area contributed by atoms with Crippen LogP contribution in [0, 0.1) is 0 Å². The second-order valence-electron chi connectivity index (χ2n) is 3.90. The van der Waals surface area contributed by atoms with Crippen molar-refractivity contribution >= 4 is 34.8 Å². The van der Waals surface area contributed by atoms with Gasteiger partial charge in [0.2, 0.25) is 0 Å². The molecule has 0 saturated heterocycles. The van der Waals surface area contributed by atoms with E-state index in [1.165, 1.54) is 0 Å². The average Bonchev–Trinajstić information content (AvgIpc) is 2.78. The fourth-order valence-electron chi connectivity index (χ4n) is 1.79. The third-order valence-electron chi connectivity index (χ3n) is 2.74. The van der Waals surface area contributed by atoms with Gasteiger partial charge in [-0.3, -0.25) is 0 Å². The topological polar surface area (TPSA) is 25.2 Å². The van der Waals surface area contributed by atoms with Gasteiger partial charge in [-0.1, -0.05) is 35.3 Å². The van der Waals surface area contributed by atoms with Gasteiger partial charge in [0.25, 0.3) is 0 Å². The third kappa shape index (κ3) is 3.01. The van der Waals surface area contributed by atoms with E-state index in [4.69, 9.17) is 39.2 Å². The summed E-state index contributed by atoms with van der Waals surface area (Å²) in [4.78, 5) is 0. The van der Waals surface area contributed by atoms with E-state index in [0.717, 1.165) is 11.3 Å². The molecule has 1 N–H and O–H groups in total. The summed E-state index contributed by atoms with van der Waals surface area (Å²) < 4.78 is 5.41. The van der Waals surface area contributed by atoms with Crippen molar-refractivity contribution in [1.82, 2.24) is 5.32 Å². The SMILES string of the molecule is CNC(Cc1cccc(Cl)c1Cl)c1ccc(Cl)o1. The zero-order valence-corrected chi connectivity index (χ0v) is 12.0. The Morgan fingerprint density at radius 1 is 1.17 bits per heavy atom. The molecular formula is C13H12Cl3NO. The van der Waals surface area contributed by atoms with Crippen LogP contribution < -0.4 is 5.32 Å². The van der Waals surface area contributed by atoms with Crippen molar-refractivity contribution in [3.63, 3.8) is 0 Å². The quantitative estimate of drug-likeness (QED) is 0.882. The normalized spacial score (nSPS) is 12.7. The minimum Gasteiger partial charge on any atom is -0.448 e. The Balaban J connectivity index is 2.23. The summed E-state index contributed by atoms with van der Waals surface area (Å²) >= 11 is 17.9. The van der Waals surface area contributed by atoms with E-state index in [2.05, 4.69) is 5.32 Å². The molecule has 0 spiro atoms. The summed E-state index contributed by atoms with van der Waals surface area (Å²) in [5, 5.41) is 4.69. The summed E-state index contributed by atoms with van der Waals surface area (Å²) in [6, 6.07) is 9.18. The Bertz CT molecular complexity index is 539. The lowest BCUT2D eigenvalue weighted by Crippen LogP contribution is -2.18. The smallest absolute Gasteiger partial charge is 0.193 e. The molecule has 0 amide bonds. The molecule has 1 aromatic carbocycles. The number of hydrogen-bond acceptors (Lipinski definition) is 2. The molecule has 18 heavy (non-hydrogen) atoms. The van der Waals surface area contributed by atoms with Crippen molar-refractivity contribution in [2.45, 2.75) is 12.5 Å². The maximum absolute atomic E-state index is 6.17. The van der Waals surface area contributed by atoms with Crippen LogP contribution >= 0.6 is 34.8 Å². The highest BCUT2D eigenvalue weighted by molar-refractivity contribution is 6.42. The molecule has 2 nitrogen and oxygen atoms in total. The molecule has 1 unspecified atom stereocenters. The van der Waals surface area contributed by atoms with Crippen molar-refractivity contribution in [3.05, 3.63) is 56.9 Å². The summed E-state index contributed by atoms with van der Waals surface area (Å²) in [6.45, 7) is 0. The zero-order chi connectivity index (χ0) is 13.1. The molecule has 1 atom stereocenters. The Hall–Kier alpha value is -0.670. The maximum Gasteiger partial charge on any atom is 0.193 e. The number of rotatable bonds is 4. The molecule has 0 radical (unpaired) electrons.